The van der Waals surface area contributed by atoms with Crippen LogP contribution in [0.25, 0.3) is 0 Å². The number of benzene rings is 1. The monoisotopic (exact) mass is 380 g/mol. The second kappa shape index (κ2) is 11.7. The molecule has 1 aliphatic heterocycles. The van der Waals surface area contributed by atoms with Crippen molar-refractivity contribution in [3.05, 3.63) is 23.8 Å². The van der Waals surface area contributed by atoms with Crippen LogP contribution < -0.4 is 20.2 Å². The first-order chi connectivity index (χ1) is 12.7. The van der Waals surface area contributed by atoms with Crippen LogP contribution in [-0.2, 0) is 4.74 Å². The fourth-order valence-corrected chi connectivity index (χ4v) is 2.67. The van der Waals surface area contributed by atoms with E-state index in [-0.39, 0.29) is 0 Å². The lowest BCUT2D eigenvalue weighted by molar-refractivity contribution is 0.0389. The van der Waals surface area contributed by atoms with Crippen molar-refractivity contribution in [3.8, 4) is 11.5 Å². The standard InChI is InChI=1S/C18H28N4O3S/c1-3-24-16-6-5-15(17(13-16)25-4-2)14-20-21-18(26)19-7-8-22-9-11-23-12-10-22/h5-6,13-14H,3-4,7-12H2,1-2H3,(H2,19,21,26)/b20-14+. The molecule has 1 aromatic carbocycles. The largest absolute Gasteiger partial charge is 0.494 e. The Kier molecular flexibility index (Phi) is 9.16. The molecule has 1 heterocycles. The maximum Gasteiger partial charge on any atom is 0.187 e. The van der Waals surface area contributed by atoms with E-state index >= 15 is 0 Å². The molecule has 2 N–H and O–H groups in total. The predicted molar refractivity (Wildman–Crippen MR) is 107 cm³/mol. The van der Waals surface area contributed by atoms with Crippen LogP contribution in [0.2, 0.25) is 0 Å². The summed E-state index contributed by atoms with van der Waals surface area (Å²) in [6, 6.07) is 5.68. The summed E-state index contributed by atoms with van der Waals surface area (Å²) in [6.45, 7) is 10.3. The van der Waals surface area contributed by atoms with Crippen molar-refractivity contribution in [2.45, 2.75) is 13.8 Å². The first-order valence-electron chi connectivity index (χ1n) is 8.99. The van der Waals surface area contributed by atoms with Crippen LogP contribution in [0.4, 0.5) is 0 Å². The molecule has 1 saturated heterocycles. The van der Waals surface area contributed by atoms with Crippen LogP contribution in [0.3, 0.4) is 0 Å². The van der Waals surface area contributed by atoms with Crippen molar-refractivity contribution in [2.75, 3.05) is 52.6 Å². The van der Waals surface area contributed by atoms with Crippen LogP contribution in [0.15, 0.2) is 23.3 Å². The minimum absolute atomic E-state index is 0.499. The summed E-state index contributed by atoms with van der Waals surface area (Å²) < 4.78 is 16.5. The van der Waals surface area contributed by atoms with E-state index in [1.807, 2.05) is 32.0 Å². The van der Waals surface area contributed by atoms with Gasteiger partial charge in [0.25, 0.3) is 0 Å². The van der Waals surface area contributed by atoms with E-state index in [0.717, 1.165) is 56.5 Å². The fourth-order valence-electron chi connectivity index (χ4n) is 2.51. The zero-order chi connectivity index (χ0) is 18.6. The second-order valence-electron chi connectivity index (χ2n) is 5.65. The highest BCUT2D eigenvalue weighted by Gasteiger charge is 2.09. The first kappa shape index (κ1) is 20.4. The van der Waals surface area contributed by atoms with Gasteiger partial charge in [-0.1, -0.05) is 0 Å². The zero-order valence-electron chi connectivity index (χ0n) is 15.5. The maximum atomic E-state index is 5.65. The molecular formula is C18H28N4O3S. The number of hydrazone groups is 1. The highest BCUT2D eigenvalue weighted by atomic mass is 32.1. The first-order valence-corrected chi connectivity index (χ1v) is 9.40. The topological polar surface area (TPSA) is 67.4 Å². The molecule has 0 unspecified atom stereocenters. The van der Waals surface area contributed by atoms with Gasteiger partial charge in [-0.15, -0.1) is 0 Å². The minimum Gasteiger partial charge on any atom is -0.494 e. The highest BCUT2D eigenvalue weighted by molar-refractivity contribution is 7.80. The Morgan fingerprint density at radius 1 is 1.27 bits per heavy atom. The van der Waals surface area contributed by atoms with Crippen LogP contribution >= 0.6 is 12.2 Å². The van der Waals surface area contributed by atoms with Gasteiger partial charge in [-0.25, -0.2) is 0 Å². The summed E-state index contributed by atoms with van der Waals surface area (Å²) >= 11 is 5.25. The van der Waals surface area contributed by atoms with Gasteiger partial charge < -0.3 is 19.5 Å². The van der Waals surface area contributed by atoms with Crippen LogP contribution in [-0.4, -0.2) is 68.8 Å². The molecule has 0 spiro atoms. The lowest BCUT2D eigenvalue weighted by Gasteiger charge is -2.26. The Labute approximate surface area is 160 Å². The number of morpholine rings is 1. The lowest BCUT2D eigenvalue weighted by atomic mass is 10.2. The summed E-state index contributed by atoms with van der Waals surface area (Å²) in [7, 11) is 0. The molecule has 2 rings (SSSR count). The molecule has 0 aromatic heterocycles. The summed E-state index contributed by atoms with van der Waals surface area (Å²) in [4.78, 5) is 2.34. The summed E-state index contributed by atoms with van der Waals surface area (Å²) in [6.07, 6.45) is 1.69. The number of hydrogen-bond acceptors (Lipinski definition) is 6. The molecule has 0 atom stereocenters. The van der Waals surface area contributed by atoms with Crippen molar-refractivity contribution in [1.82, 2.24) is 15.6 Å². The molecule has 26 heavy (non-hydrogen) atoms. The minimum atomic E-state index is 0.499. The number of thiocarbonyl (C=S) groups is 1. The quantitative estimate of drug-likeness (QED) is 0.383. The molecule has 0 radical (unpaired) electrons. The Bertz CT molecular complexity index is 592. The van der Waals surface area contributed by atoms with Crippen molar-refractivity contribution >= 4 is 23.5 Å². The van der Waals surface area contributed by atoms with Gasteiger partial charge in [0, 0.05) is 37.8 Å². The number of nitrogens with zero attached hydrogens (tertiary/aromatic N) is 2. The molecule has 7 nitrogen and oxygen atoms in total. The third-order valence-electron chi connectivity index (χ3n) is 3.78. The molecule has 0 saturated carbocycles. The lowest BCUT2D eigenvalue weighted by Crippen LogP contribution is -2.42. The molecule has 0 bridgehead atoms. The van der Waals surface area contributed by atoms with Gasteiger partial charge in [0.05, 0.1) is 32.6 Å². The van der Waals surface area contributed by atoms with Crippen molar-refractivity contribution < 1.29 is 14.2 Å². The van der Waals surface area contributed by atoms with Gasteiger partial charge in [0.2, 0.25) is 0 Å². The number of hydrogen-bond donors (Lipinski definition) is 2. The van der Waals surface area contributed by atoms with Gasteiger partial charge in [0.1, 0.15) is 11.5 Å². The predicted octanol–water partition coefficient (Wildman–Crippen LogP) is 1.61. The second-order valence-corrected chi connectivity index (χ2v) is 6.05. The molecule has 1 aromatic rings. The van der Waals surface area contributed by atoms with E-state index in [0.29, 0.717) is 18.3 Å². The van der Waals surface area contributed by atoms with Crippen LogP contribution in [0.1, 0.15) is 19.4 Å². The molecule has 0 aliphatic carbocycles. The normalized spacial score (nSPS) is 15.0. The van der Waals surface area contributed by atoms with E-state index < -0.39 is 0 Å². The average molecular weight is 381 g/mol. The van der Waals surface area contributed by atoms with Crippen molar-refractivity contribution in [1.29, 1.82) is 0 Å². The molecule has 8 heteroatoms. The Morgan fingerprint density at radius 3 is 2.77 bits per heavy atom. The third-order valence-corrected chi connectivity index (χ3v) is 4.02. The Balaban J connectivity index is 1.78. The number of nitrogens with one attached hydrogen (secondary N) is 2. The summed E-state index contributed by atoms with van der Waals surface area (Å²) in [5.41, 5.74) is 3.70. The third kappa shape index (κ3) is 7.15. The van der Waals surface area contributed by atoms with Crippen molar-refractivity contribution in [3.63, 3.8) is 0 Å². The zero-order valence-corrected chi connectivity index (χ0v) is 16.3. The molecule has 1 fully saturated rings. The van der Waals surface area contributed by atoms with E-state index in [9.17, 15) is 0 Å². The Morgan fingerprint density at radius 2 is 2.04 bits per heavy atom. The van der Waals surface area contributed by atoms with Crippen LogP contribution in [0.5, 0.6) is 11.5 Å². The average Bonchev–Trinajstić information content (AvgIpc) is 2.65. The molecular weight excluding hydrogens is 352 g/mol. The number of rotatable bonds is 9. The van der Waals surface area contributed by atoms with E-state index in [2.05, 4.69) is 20.7 Å². The van der Waals surface area contributed by atoms with Gasteiger partial charge in [-0.3, -0.25) is 10.3 Å². The van der Waals surface area contributed by atoms with Gasteiger partial charge in [-0.05, 0) is 38.2 Å². The SMILES string of the molecule is CCOc1ccc(/C=N/NC(=S)NCCN2CCOCC2)c(OCC)c1. The van der Waals surface area contributed by atoms with Crippen molar-refractivity contribution in [2.24, 2.45) is 5.10 Å². The summed E-state index contributed by atoms with van der Waals surface area (Å²) in [5, 5.41) is 7.85. The van der Waals surface area contributed by atoms with Crippen LogP contribution in [0, 0.1) is 0 Å². The molecule has 0 amide bonds. The van der Waals surface area contributed by atoms with Gasteiger partial charge >= 0.3 is 0 Å². The number of ether oxygens (including phenoxy) is 3. The van der Waals surface area contributed by atoms with E-state index in [1.54, 1.807) is 6.21 Å². The van der Waals surface area contributed by atoms with E-state index in [1.165, 1.54) is 0 Å². The highest BCUT2D eigenvalue weighted by Crippen LogP contribution is 2.23. The molecule has 1 aliphatic rings. The van der Waals surface area contributed by atoms with Gasteiger partial charge in [0.15, 0.2) is 5.11 Å². The van der Waals surface area contributed by atoms with E-state index in [4.69, 9.17) is 26.4 Å². The van der Waals surface area contributed by atoms with Gasteiger partial charge in [-0.2, -0.15) is 5.10 Å². The summed E-state index contributed by atoms with van der Waals surface area (Å²) in [5.74, 6) is 1.51. The fraction of sp³-hybridized carbons (Fsp3) is 0.556. The molecule has 144 valence electrons. The smallest absolute Gasteiger partial charge is 0.187 e. The maximum absolute atomic E-state index is 5.65. The Hall–Kier alpha value is -1.90.